The molecule has 0 saturated heterocycles. The van der Waals surface area contributed by atoms with Crippen LogP contribution in [-0.2, 0) is 4.79 Å². The Morgan fingerprint density at radius 2 is 2.55 bits per heavy atom. The van der Waals surface area contributed by atoms with Gasteiger partial charge in [0.05, 0.1) is 0 Å². The van der Waals surface area contributed by atoms with Gasteiger partial charge in [0.2, 0.25) is 0 Å². The summed E-state index contributed by atoms with van der Waals surface area (Å²) in [7, 11) is 0. The molecule has 0 aromatic heterocycles. The van der Waals surface area contributed by atoms with E-state index in [1.165, 1.54) is 4.90 Å². The Balaban J connectivity index is 2.63. The van der Waals surface area contributed by atoms with E-state index in [-0.39, 0.29) is 6.73 Å². The number of nitrogens with zero attached hydrogens (tertiary/aromatic N) is 1. The molecule has 1 rings (SSSR count). The Bertz CT molecular complexity index is 181. The first-order valence-corrected chi connectivity index (χ1v) is 3.25. The smallest absolute Gasteiger partial charge is 0.341 e. The Morgan fingerprint density at radius 1 is 1.82 bits per heavy atom. The number of aliphatic hydroxyl groups is 1. The first-order chi connectivity index (χ1) is 5.25. The molecule has 0 amide bonds. The lowest BCUT2D eigenvalue weighted by Crippen LogP contribution is -2.51. The maximum Gasteiger partial charge on any atom is 0.341 e. The van der Waals surface area contributed by atoms with E-state index in [2.05, 4.69) is 5.32 Å². The molecule has 62 valence electrons. The first kappa shape index (κ1) is 8.03. The molecule has 0 bridgehead atoms. The lowest BCUT2D eigenvalue weighted by Gasteiger charge is -2.28. The molecule has 1 unspecified atom stereocenters. The summed E-state index contributed by atoms with van der Waals surface area (Å²) in [6.45, 7) is 0.230. The summed E-state index contributed by atoms with van der Waals surface area (Å²) in [4.78, 5) is 11.8. The van der Waals surface area contributed by atoms with Gasteiger partial charge in [-0.2, -0.15) is 0 Å². The zero-order valence-electron chi connectivity index (χ0n) is 5.90. The molecule has 0 radical (unpaired) electrons. The van der Waals surface area contributed by atoms with Crippen molar-refractivity contribution in [2.24, 2.45) is 0 Å². The molecule has 0 saturated carbocycles. The molecule has 0 fully saturated rings. The number of carboxylic acid groups (broad SMARTS) is 1. The topological polar surface area (TPSA) is 72.8 Å². The molecular weight excluding hydrogens is 148 g/mol. The SMILES string of the molecule is O=C(O)C1NCC=CN1CO. The third kappa shape index (κ3) is 1.69. The Labute approximate surface area is 63.9 Å². The predicted octanol–water partition coefficient (Wildman–Crippen LogP) is -1.23. The summed E-state index contributed by atoms with van der Waals surface area (Å²) in [6.07, 6.45) is 2.51. The van der Waals surface area contributed by atoms with E-state index in [1.54, 1.807) is 12.3 Å². The minimum Gasteiger partial charge on any atom is -0.479 e. The molecule has 3 N–H and O–H groups in total. The lowest BCUT2D eigenvalue weighted by atomic mass is 10.3. The van der Waals surface area contributed by atoms with Crippen LogP contribution in [0, 0.1) is 0 Å². The van der Waals surface area contributed by atoms with E-state index in [1.807, 2.05) is 0 Å². The number of nitrogens with one attached hydrogen (secondary N) is 1. The van der Waals surface area contributed by atoms with Gasteiger partial charge in [-0.05, 0) is 0 Å². The predicted molar refractivity (Wildman–Crippen MR) is 37.5 cm³/mol. The average Bonchev–Trinajstić information content (AvgIpc) is 2.04. The molecule has 1 aliphatic rings. The van der Waals surface area contributed by atoms with Gasteiger partial charge in [-0.1, -0.05) is 6.08 Å². The van der Waals surface area contributed by atoms with Gasteiger partial charge < -0.3 is 15.1 Å². The van der Waals surface area contributed by atoms with E-state index < -0.39 is 12.1 Å². The van der Waals surface area contributed by atoms with Crippen LogP contribution in [0.5, 0.6) is 0 Å². The van der Waals surface area contributed by atoms with Crippen molar-refractivity contribution in [1.82, 2.24) is 10.2 Å². The summed E-state index contributed by atoms with van der Waals surface area (Å²) in [5.74, 6) is -0.983. The summed E-state index contributed by atoms with van der Waals surface area (Å²) >= 11 is 0. The van der Waals surface area contributed by atoms with Crippen LogP contribution in [0.3, 0.4) is 0 Å². The second-order valence-electron chi connectivity index (χ2n) is 2.19. The summed E-state index contributed by atoms with van der Waals surface area (Å²) in [5, 5.41) is 20.0. The highest BCUT2D eigenvalue weighted by Gasteiger charge is 2.23. The fraction of sp³-hybridized carbons (Fsp3) is 0.500. The quantitative estimate of drug-likeness (QED) is 0.469. The zero-order chi connectivity index (χ0) is 8.27. The van der Waals surface area contributed by atoms with Gasteiger partial charge in [-0.3, -0.25) is 5.32 Å². The number of carboxylic acids is 1. The van der Waals surface area contributed by atoms with Gasteiger partial charge in [-0.15, -0.1) is 0 Å². The summed E-state index contributed by atoms with van der Waals surface area (Å²) in [5.41, 5.74) is 0. The Hall–Kier alpha value is -1.07. The number of aliphatic hydroxyl groups excluding tert-OH is 1. The van der Waals surface area contributed by atoms with Crippen molar-refractivity contribution >= 4 is 5.97 Å². The van der Waals surface area contributed by atoms with E-state index in [4.69, 9.17) is 10.2 Å². The van der Waals surface area contributed by atoms with Crippen molar-refractivity contribution in [2.45, 2.75) is 6.17 Å². The van der Waals surface area contributed by atoms with E-state index in [0.29, 0.717) is 6.54 Å². The van der Waals surface area contributed by atoms with Crippen molar-refractivity contribution in [1.29, 1.82) is 0 Å². The van der Waals surface area contributed by atoms with Crippen LogP contribution in [0.1, 0.15) is 0 Å². The minimum atomic E-state index is -0.983. The van der Waals surface area contributed by atoms with Crippen molar-refractivity contribution in [3.63, 3.8) is 0 Å². The van der Waals surface area contributed by atoms with E-state index in [0.717, 1.165) is 0 Å². The molecule has 0 aromatic carbocycles. The van der Waals surface area contributed by atoms with Crippen LogP contribution >= 0.6 is 0 Å². The third-order valence-electron chi connectivity index (χ3n) is 1.45. The second kappa shape index (κ2) is 3.36. The van der Waals surface area contributed by atoms with Crippen molar-refractivity contribution in [3.05, 3.63) is 12.3 Å². The number of carbonyl (C=O) groups is 1. The normalized spacial score (nSPS) is 23.7. The highest BCUT2D eigenvalue weighted by Crippen LogP contribution is 2.00. The van der Waals surface area contributed by atoms with Crippen molar-refractivity contribution in [3.8, 4) is 0 Å². The maximum atomic E-state index is 10.5. The zero-order valence-corrected chi connectivity index (χ0v) is 5.90. The van der Waals surface area contributed by atoms with Gasteiger partial charge >= 0.3 is 5.97 Å². The largest absolute Gasteiger partial charge is 0.479 e. The van der Waals surface area contributed by atoms with Gasteiger partial charge in [0.15, 0.2) is 6.17 Å². The molecule has 0 aromatic rings. The Kier molecular flexibility index (Phi) is 2.45. The Morgan fingerprint density at radius 3 is 3.00 bits per heavy atom. The molecule has 11 heavy (non-hydrogen) atoms. The van der Waals surface area contributed by atoms with Crippen LogP contribution < -0.4 is 5.32 Å². The standard InChI is InChI=1S/C6H10N2O3/c9-4-8-3-1-2-7-5(8)6(10)11/h1,3,5,7,9H,2,4H2,(H,10,11). The number of rotatable bonds is 2. The van der Waals surface area contributed by atoms with Crippen molar-refractivity contribution in [2.75, 3.05) is 13.3 Å². The second-order valence-corrected chi connectivity index (χ2v) is 2.19. The summed E-state index contributed by atoms with van der Waals surface area (Å²) in [6, 6.07) is 0. The third-order valence-corrected chi connectivity index (χ3v) is 1.45. The van der Waals surface area contributed by atoms with Crippen molar-refractivity contribution < 1.29 is 15.0 Å². The molecule has 0 spiro atoms. The fourth-order valence-corrected chi connectivity index (χ4v) is 0.929. The van der Waals surface area contributed by atoms with Gasteiger partial charge in [-0.25, -0.2) is 4.79 Å². The number of aliphatic carboxylic acids is 1. The lowest BCUT2D eigenvalue weighted by molar-refractivity contribution is -0.145. The van der Waals surface area contributed by atoms with Crippen LogP contribution in [0.2, 0.25) is 0 Å². The highest BCUT2D eigenvalue weighted by atomic mass is 16.4. The van der Waals surface area contributed by atoms with E-state index in [9.17, 15) is 4.79 Å². The van der Waals surface area contributed by atoms with Crippen LogP contribution in [0.4, 0.5) is 0 Å². The van der Waals surface area contributed by atoms with Crippen LogP contribution in [0.25, 0.3) is 0 Å². The number of hydrogen-bond donors (Lipinski definition) is 3. The monoisotopic (exact) mass is 158 g/mol. The van der Waals surface area contributed by atoms with Crippen LogP contribution in [-0.4, -0.2) is 40.5 Å². The maximum absolute atomic E-state index is 10.5. The molecular formula is C6H10N2O3. The molecule has 5 heteroatoms. The number of hydrogen-bond acceptors (Lipinski definition) is 4. The first-order valence-electron chi connectivity index (χ1n) is 3.25. The minimum absolute atomic E-state index is 0.291. The fourth-order valence-electron chi connectivity index (χ4n) is 0.929. The van der Waals surface area contributed by atoms with Gasteiger partial charge in [0.25, 0.3) is 0 Å². The molecule has 0 aliphatic carbocycles. The highest BCUT2D eigenvalue weighted by molar-refractivity contribution is 5.73. The molecule has 5 nitrogen and oxygen atoms in total. The van der Waals surface area contributed by atoms with E-state index >= 15 is 0 Å². The summed E-state index contributed by atoms with van der Waals surface area (Å²) < 4.78 is 0. The van der Waals surface area contributed by atoms with Crippen LogP contribution in [0.15, 0.2) is 12.3 Å². The van der Waals surface area contributed by atoms with Gasteiger partial charge in [0, 0.05) is 12.7 Å². The molecule has 1 aliphatic heterocycles. The van der Waals surface area contributed by atoms with Gasteiger partial charge in [0.1, 0.15) is 6.73 Å². The molecule has 1 heterocycles. The molecule has 1 atom stereocenters. The average molecular weight is 158 g/mol.